The van der Waals surface area contributed by atoms with Crippen LogP contribution in [0.1, 0.15) is 60.9 Å². The molecule has 3 rings (SSSR count). The van der Waals surface area contributed by atoms with Crippen molar-refractivity contribution in [1.82, 2.24) is 9.88 Å². The van der Waals surface area contributed by atoms with Crippen molar-refractivity contribution in [1.29, 1.82) is 0 Å². The molecular weight excluding hydrogens is 364 g/mol. The largest absolute Gasteiger partial charge is 0.349 e. The van der Waals surface area contributed by atoms with E-state index in [0.717, 1.165) is 41.7 Å². The number of hydrogen-bond acceptors (Lipinski definition) is 4. The predicted octanol–water partition coefficient (Wildman–Crippen LogP) is 2.33. The molecule has 2 heterocycles. The van der Waals surface area contributed by atoms with Gasteiger partial charge in [0.2, 0.25) is 5.91 Å². The first-order chi connectivity index (χ1) is 12.5. The Labute approximate surface area is 160 Å². The van der Waals surface area contributed by atoms with Crippen LogP contribution in [0.4, 0.5) is 0 Å². The van der Waals surface area contributed by atoms with Gasteiger partial charge in [-0.05, 0) is 36.8 Å². The average molecular weight is 393 g/mol. The maximum atomic E-state index is 12.9. The van der Waals surface area contributed by atoms with E-state index < -0.39 is 15.9 Å². The molecule has 0 saturated heterocycles. The van der Waals surface area contributed by atoms with Gasteiger partial charge in [-0.15, -0.1) is 0 Å². The highest BCUT2D eigenvalue weighted by Crippen LogP contribution is 2.39. The average Bonchev–Trinajstić information content (AvgIpc) is 2.98. The van der Waals surface area contributed by atoms with Gasteiger partial charge in [0, 0.05) is 35.3 Å². The molecule has 1 N–H and O–H groups in total. The molecular formula is C20H28N2O4S. The van der Waals surface area contributed by atoms with Crippen LogP contribution in [0.2, 0.25) is 0 Å². The minimum atomic E-state index is -3.21. The van der Waals surface area contributed by atoms with Gasteiger partial charge in [0.15, 0.2) is 15.6 Å². The van der Waals surface area contributed by atoms with Gasteiger partial charge in [-0.2, -0.15) is 0 Å². The summed E-state index contributed by atoms with van der Waals surface area (Å²) in [6.07, 6.45) is 3.85. The van der Waals surface area contributed by atoms with Crippen LogP contribution in [0.5, 0.6) is 0 Å². The SMILES string of the molecule is CCCn1c(C)c(CC(=O)N[C@@H]2C=CS(=O)(=O)C2)c2c1CC(C)(C)CC2=O. The van der Waals surface area contributed by atoms with Gasteiger partial charge in [-0.3, -0.25) is 9.59 Å². The van der Waals surface area contributed by atoms with Crippen molar-refractivity contribution in [3.63, 3.8) is 0 Å². The first-order valence-corrected chi connectivity index (χ1v) is 11.2. The van der Waals surface area contributed by atoms with Gasteiger partial charge in [0.1, 0.15) is 0 Å². The van der Waals surface area contributed by atoms with Crippen molar-refractivity contribution < 1.29 is 18.0 Å². The fraction of sp³-hybridized carbons (Fsp3) is 0.600. The molecule has 0 spiro atoms. The Morgan fingerprint density at radius 2 is 2.04 bits per heavy atom. The van der Waals surface area contributed by atoms with Crippen LogP contribution >= 0.6 is 0 Å². The van der Waals surface area contributed by atoms with Gasteiger partial charge in [0.25, 0.3) is 0 Å². The zero-order chi connectivity index (χ0) is 20.0. The molecule has 1 aliphatic heterocycles. The highest BCUT2D eigenvalue weighted by molar-refractivity contribution is 7.94. The van der Waals surface area contributed by atoms with E-state index in [-0.39, 0.29) is 29.3 Å². The summed E-state index contributed by atoms with van der Waals surface area (Å²) in [7, 11) is -3.21. The lowest BCUT2D eigenvalue weighted by Crippen LogP contribution is -2.37. The van der Waals surface area contributed by atoms with E-state index in [9.17, 15) is 18.0 Å². The van der Waals surface area contributed by atoms with E-state index in [4.69, 9.17) is 0 Å². The summed E-state index contributed by atoms with van der Waals surface area (Å²) >= 11 is 0. The number of sulfone groups is 1. The van der Waals surface area contributed by atoms with E-state index in [1.807, 2.05) is 6.92 Å². The maximum absolute atomic E-state index is 12.9. The van der Waals surface area contributed by atoms with Crippen molar-refractivity contribution >= 4 is 21.5 Å². The number of ketones is 1. The third kappa shape index (κ3) is 4.03. The van der Waals surface area contributed by atoms with Crippen LogP contribution < -0.4 is 5.32 Å². The normalized spacial score (nSPS) is 22.7. The molecule has 0 radical (unpaired) electrons. The molecule has 27 heavy (non-hydrogen) atoms. The first kappa shape index (κ1) is 19.9. The predicted molar refractivity (Wildman–Crippen MR) is 104 cm³/mol. The summed E-state index contributed by atoms with van der Waals surface area (Å²) in [5, 5.41) is 3.91. The molecule has 2 aliphatic rings. The van der Waals surface area contributed by atoms with E-state index in [0.29, 0.717) is 12.0 Å². The lowest BCUT2D eigenvalue weighted by atomic mass is 9.75. The second-order valence-electron chi connectivity index (χ2n) is 8.49. The molecule has 0 saturated carbocycles. The zero-order valence-corrected chi connectivity index (χ0v) is 17.3. The number of nitrogens with zero attached hydrogens (tertiary/aromatic N) is 1. The van der Waals surface area contributed by atoms with Crippen molar-refractivity contribution in [2.24, 2.45) is 5.41 Å². The Kier molecular flexibility index (Phi) is 5.10. The smallest absolute Gasteiger partial charge is 0.225 e. The Hall–Kier alpha value is -1.89. The van der Waals surface area contributed by atoms with Crippen LogP contribution in [0.15, 0.2) is 11.5 Å². The molecule has 1 atom stereocenters. The van der Waals surface area contributed by atoms with Gasteiger partial charge >= 0.3 is 0 Å². The molecule has 1 aliphatic carbocycles. The number of amides is 1. The number of fused-ring (bicyclic) bond motifs is 1. The third-order valence-corrected chi connectivity index (χ3v) is 6.78. The molecule has 148 valence electrons. The van der Waals surface area contributed by atoms with Crippen LogP contribution in [-0.2, 0) is 34.0 Å². The van der Waals surface area contributed by atoms with Gasteiger partial charge in [-0.25, -0.2) is 8.42 Å². The standard InChI is InChI=1S/C20H28N2O4S/c1-5-7-22-13(2)15(19-16(22)10-20(3,4)11-17(19)23)9-18(24)21-14-6-8-27(25,26)12-14/h6,8,14H,5,7,9-12H2,1-4H3,(H,21,24)/t14-/m1/s1. The van der Waals surface area contributed by atoms with Crippen LogP contribution in [0.3, 0.4) is 0 Å². The molecule has 0 unspecified atom stereocenters. The second kappa shape index (κ2) is 6.93. The second-order valence-corrected chi connectivity index (χ2v) is 10.4. The van der Waals surface area contributed by atoms with E-state index in [2.05, 4.69) is 30.7 Å². The number of rotatable bonds is 5. The lowest BCUT2D eigenvalue weighted by molar-refractivity contribution is -0.120. The number of aromatic nitrogens is 1. The molecule has 1 aromatic rings. The molecule has 0 aromatic carbocycles. The highest BCUT2D eigenvalue weighted by Gasteiger charge is 2.37. The minimum Gasteiger partial charge on any atom is -0.349 e. The quantitative estimate of drug-likeness (QED) is 0.833. The van der Waals surface area contributed by atoms with Gasteiger partial charge in [-0.1, -0.05) is 20.8 Å². The van der Waals surface area contributed by atoms with Crippen LogP contribution in [0, 0.1) is 12.3 Å². The Bertz CT molecular complexity index is 922. The van der Waals surface area contributed by atoms with Gasteiger partial charge < -0.3 is 9.88 Å². The highest BCUT2D eigenvalue weighted by atomic mass is 32.2. The van der Waals surface area contributed by atoms with Crippen molar-refractivity contribution in [3.8, 4) is 0 Å². The van der Waals surface area contributed by atoms with Crippen LogP contribution in [0.25, 0.3) is 0 Å². The zero-order valence-electron chi connectivity index (χ0n) is 16.5. The lowest BCUT2D eigenvalue weighted by Gasteiger charge is -2.30. The first-order valence-electron chi connectivity index (χ1n) is 9.47. The number of carbonyl (C=O) groups excluding carboxylic acids is 2. The van der Waals surface area contributed by atoms with Crippen molar-refractivity contribution in [2.75, 3.05) is 5.75 Å². The summed E-state index contributed by atoms with van der Waals surface area (Å²) in [6.45, 7) is 9.10. The fourth-order valence-electron chi connectivity index (χ4n) is 4.23. The monoisotopic (exact) mass is 392 g/mol. The van der Waals surface area contributed by atoms with E-state index >= 15 is 0 Å². The number of Topliss-reactive ketones (excluding diaryl/α,β-unsaturated/α-hetero) is 1. The summed E-state index contributed by atoms with van der Waals surface area (Å²) in [5.74, 6) is -0.246. The van der Waals surface area contributed by atoms with Crippen molar-refractivity contribution in [2.45, 2.75) is 66.0 Å². The Balaban J connectivity index is 1.89. The fourth-order valence-corrected chi connectivity index (χ4v) is 5.47. The topological polar surface area (TPSA) is 85.2 Å². The van der Waals surface area contributed by atoms with Gasteiger partial charge in [0.05, 0.1) is 18.2 Å². The minimum absolute atomic E-state index is 0.0805. The molecule has 1 amide bonds. The maximum Gasteiger partial charge on any atom is 0.225 e. The number of nitrogens with one attached hydrogen (secondary N) is 1. The summed E-state index contributed by atoms with van der Waals surface area (Å²) in [4.78, 5) is 25.4. The number of hydrogen-bond donors (Lipinski definition) is 1. The summed E-state index contributed by atoms with van der Waals surface area (Å²) < 4.78 is 25.2. The molecule has 0 bridgehead atoms. The Morgan fingerprint density at radius 3 is 2.63 bits per heavy atom. The summed E-state index contributed by atoms with van der Waals surface area (Å²) in [6, 6.07) is -0.494. The molecule has 7 heteroatoms. The molecule has 6 nitrogen and oxygen atoms in total. The Morgan fingerprint density at radius 1 is 1.33 bits per heavy atom. The third-order valence-electron chi connectivity index (χ3n) is 5.38. The van der Waals surface area contributed by atoms with Crippen molar-refractivity contribution in [3.05, 3.63) is 34.0 Å². The van der Waals surface area contributed by atoms with E-state index in [1.165, 1.54) is 6.08 Å². The van der Waals surface area contributed by atoms with E-state index in [1.54, 1.807) is 0 Å². The summed E-state index contributed by atoms with van der Waals surface area (Å²) in [5.41, 5.74) is 3.44. The van der Waals surface area contributed by atoms with Crippen LogP contribution in [-0.4, -0.2) is 36.5 Å². The molecule has 0 fully saturated rings. The number of carbonyl (C=O) groups is 2. The molecule has 1 aromatic heterocycles.